The molecule has 0 aromatic carbocycles. The number of nitrogens with zero attached hydrogens (tertiary/aromatic N) is 7. The second kappa shape index (κ2) is 13.2. The second-order valence-corrected chi connectivity index (χ2v) is 11.7. The van der Waals surface area contributed by atoms with Crippen molar-refractivity contribution < 1.29 is 9.47 Å². The van der Waals surface area contributed by atoms with Crippen molar-refractivity contribution in [1.29, 1.82) is 0 Å². The molecule has 1 aliphatic carbocycles. The van der Waals surface area contributed by atoms with Crippen molar-refractivity contribution in [2.75, 3.05) is 45.2 Å². The van der Waals surface area contributed by atoms with Crippen LogP contribution in [0.2, 0.25) is 0 Å². The van der Waals surface area contributed by atoms with Gasteiger partial charge in [-0.3, -0.25) is 14.5 Å². The van der Waals surface area contributed by atoms with Crippen molar-refractivity contribution in [3.8, 4) is 17.1 Å². The summed E-state index contributed by atoms with van der Waals surface area (Å²) in [5.41, 5.74) is 4.04. The Labute approximate surface area is 252 Å². The van der Waals surface area contributed by atoms with Gasteiger partial charge in [-0.05, 0) is 70.7 Å². The minimum absolute atomic E-state index is 0.0603. The van der Waals surface area contributed by atoms with Gasteiger partial charge in [0.25, 0.3) is 5.56 Å². The predicted molar refractivity (Wildman–Crippen MR) is 167 cm³/mol. The molecule has 5 heterocycles. The zero-order chi connectivity index (χ0) is 29.8. The van der Waals surface area contributed by atoms with E-state index in [0.717, 1.165) is 105 Å². The van der Waals surface area contributed by atoms with Crippen molar-refractivity contribution in [2.24, 2.45) is 7.05 Å². The first kappa shape index (κ1) is 29.3. The SMILES string of the molecule is CCNc1cc2c(cn1)c(-c1ccc(C3CCN(CCOC)CC3)nc1)nn2C1CCC(Oc2ccc(=O)n(C)n2)CC1. The average molecular weight is 587 g/mol. The lowest BCUT2D eigenvalue weighted by Gasteiger charge is -2.31. The number of piperidine rings is 1. The second-order valence-electron chi connectivity index (χ2n) is 11.7. The number of pyridine rings is 2. The Kier molecular flexibility index (Phi) is 8.99. The average Bonchev–Trinajstić information content (AvgIpc) is 3.41. The lowest BCUT2D eigenvalue weighted by atomic mass is 9.92. The van der Waals surface area contributed by atoms with E-state index in [2.05, 4.69) is 50.1 Å². The fourth-order valence-corrected chi connectivity index (χ4v) is 6.38. The Hall–Kier alpha value is -3.83. The van der Waals surface area contributed by atoms with Gasteiger partial charge in [0.2, 0.25) is 5.88 Å². The molecule has 11 nitrogen and oxygen atoms in total. The molecule has 0 unspecified atom stereocenters. The van der Waals surface area contributed by atoms with Crippen LogP contribution in [0.4, 0.5) is 5.82 Å². The Morgan fingerprint density at radius 2 is 1.79 bits per heavy atom. The monoisotopic (exact) mass is 586 g/mol. The number of fused-ring (bicyclic) bond motifs is 1. The van der Waals surface area contributed by atoms with Gasteiger partial charge in [0.15, 0.2) is 0 Å². The van der Waals surface area contributed by atoms with Crippen LogP contribution in [-0.2, 0) is 11.8 Å². The molecule has 228 valence electrons. The van der Waals surface area contributed by atoms with E-state index in [-0.39, 0.29) is 17.7 Å². The van der Waals surface area contributed by atoms with E-state index in [9.17, 15) is 4.79 Å². The molecular weight excluding hydrogens is 544 g/mol. The van der Waals surface area contributed by atoms with Crippen LogP contribution in [0.3, 0.4) is 0 Å². The summed E-state index contributed by atoms with van der Waals surface area (Å²) in [6.45, 7) is 6.83. The van der Waals surface area contributed by atoms with Gasteiger partial charge in [-0.2, -0.15) is 5.10 Å². The summed E-state index contributed by atoms with van der Waals surface area (Å²) in [5, 5.41) is 13.8. The topological polar surface area (TPSA) is 112 Å². The van der Waals surface area contributed by atoms with E-state index < -0.39 is 0 Å². The number of nitrogens with one attached hydrogen (secondary N) is 1. The van der Waals surface area contributed by atoms with Gasteiger partial charge >= 0.3 is 0 Å². The third-order valence-electron chi connectivity index (χ3n) is 8.84. The molecule has 4 aromatic heterocycles. The molecule has 2 aliphatic rings. The molecule has 2 fully saturated rings. The number of likely N-dealkylation sites (tertiary alicyclic amines) is 1. The van der Waals surface area contributed by atoms with E-state index in [1.807, 2.05) is 12.4 Å². The maximum atomic E-state index is 11.7. The fraction of sp³-hybridized carbons (Fsp3) is 0.531. The van der Waals surface area contributed by atoms with E-state index in [4.69, 9.17) is 19.6 Å². The largest absolute Gasteiger partial charge is 0.473 e. The smallest absolute Gasteiger partial charge is 0.266 e. The molecule has 1 saturated heterocycles. The van der Waals surface area contributed by atoms with Crippen LogP contribution < -0.4 is 15.6 Å². The van der Waals surface area contributed by atoms with Crippen LogP contribution in [0, 0.1) is 0 Å². The third-order valence-corrected chi connectivity index (χ3v) is 8.84. The molecule has 1 saturated carbocycles. The van der Waals surface area contributed by atoms with Gasteiger partial charge in [-0.15, -0.1) is 5.10 Å². The Morgan fingerprint density at radius 3 is 2.49 bits per heavy atom. The standard InChI is InChI=1S/C32H42N8O3/c1-4-33-29-19-28-26(21-35-29)32(23-5-10-27(34-20-23)22-13-15-39(16-14-22)17-18-42-3)37-40(28)24-6-8-25(9-7-24)43-30-11-12-31(41)38(2)36-30/h5,10-12,19-22,24-25H,4,6-9,13-18H2,1-3H3,(H,33,35). The van der Waals surface area contributed by atoms with Gasteiger partial charge in [-0.25, -0.2) is 9.67 Å². The lowest BCUT2D eigenvalue weighted by Crippen LogP contribution is -2.35. The molecule has 0 bridgehead atoms. The number of hydrogen-bond donors (Lipinski definition) is 1. The van der Waals surface area contributed by atoms with Gasteiger partial charge in [0.1, 0.15) is 17.6 Å². The van der Waals surface area contributed by atoms with Crippen LogP contribution in [0.5, 0.6) is 5.88 Å². The highest BCUT2D eigenvalue weighted by molar-refractivity contribution is 5.93. The normalized spacial score (nSPS) is 20.0. The van der Waals surface area contributed by atoms with E-state index in [0.29, 0.717) is 11.8 Å². The van der Waals surface area contributed by atoms with Crippen molar-refractivity contribution in [3.63, 3.8) is 0 Å². The molecule has 0 amide bonds. The minimum Gasteiger partial charge on any atom is -0.473 e. The summed E-state index contributed by atoms with van der Waals surface area (Å²) in [5.74, 6) is 1.83. The summed E-state index contributed by atoms with van der Waals surface area (Å²) in [4.78, 5) is 23.8. The number of ether oxygens (including phenoxy) is 2. The number of methoxy groups -OCH3 is 1. The van der Waals surface area contributed by atoms with Crippen molar-refractivity contribution in [2.45, 2.75) is 63.5 Å². The first-order valence-electron chi connectivity index (χ1n) is 15.5. The molecule has 1 N–H and O–H groups in total. The highest BCUT2D eigenvalue weighted by Crippen LogP contribution is 2.37. The molecule has 1 aliphatic heterocycles. The number of rotatable bonds is 10. The lowest BCUT2D eigenvalue weighted by molar-refractivity contribution is 0.123. The first-order chi connectivity index (χ1) is 21.0. The number of aryl methyl sites for hydroxylation is 1. The number of hydrogen-bond acceptors (Lipinski definition) is 9. The summed E-state index contributed by atoms with van der Waals surface area (Å²) in [6.07, 6.45) is 9.88. The molecule has 0 atom stereocenters. The van der Waals surface area contributed by atoms with Crippen LogP contribution >= 0.6 is 0 Å². The van der Waals surface area contributed by atoms with E-state index in [1.54, 1.807) is 20.2 Å². The quantitative estimate of drug-likeness (QED) is 0.289. The van der Waals surface area contributed by atoms with Crippen LogP contribution in [0.15, 0.2) is 47.5 Å². The maximum absolute atomic E-state index is 11.7. The maximum Gasteiger partial charge on any atom is 0.266 e. The highest BCUT2D eigenvalue weighted by Gasteiger charge is 2.28. The Morgan fingerprint density at radius 1 is 0.977 bits per heavy atom. The fourth-order valence-electron chi connectivity index (χ4n) is 6.38. The highest BCUT2D eigenvalue weighted by atomic mass is 16.5. The van der Waals surface area contributed by atoms with Gasteiger partial charge < -0.3 is 19.7 Å². The van der Waals surface area contributed by atoms with Gasteiger partial charge in [0, 0.05) is 80.4 Å². The molecule has 4 aromatic rings. The summed E-state index contributed by atoms with van der Waals surface area (Å²) < 4.78 is 14.9. The van der Waals surface area contributed by atoms with Gasteiger partial charge in [-0.1, -0.05) is 0 Å². The Balaban J connectivity index is 1.19. The summed E-state index contributed by atoms with van der Waals surface area (Å²) >= 11 is 0. The number of anilines is 1. The van der Waals surface area contributed by atoms with Gasteiger partial charge in [0.05, 0.1) is 18.2 Å². The molecule has 43 heavy (non-hydrogen) atoms. The van der Waals surface area contributed by atoms with Crippen molar-refractivity contribution in [1.82, 2.24) is 34.4 Å². The zero-order valence-electron chi connectivity index (χ0n) is 25.4. The molecule has 11 heteroatoms. The van der Waals surface area contributed by atoms with Crippen LogP contribution in [0.1, 0.15) is 63.1 Å². The van der Waals surface area contributed by atoms with Crippen molar-refractivity contribution in [3.05, 3.63) is 58.8 Å². The molecule has 0 spiro atoms. The predicted octanol–water partition coefficient (Wildman–Crippen LogP) is 4.41. The Bertz CT molecular complexity index is 1570. The van der Waals surface area contributed by atoms with Crippen molar-refractivity contribution >= 4 is 16.7 Å². The minimum atomic E-state index is -0.146. The zero-order valence-corrected chi connectivity index (χ0v) is 25.4. The summed E-state index contributed by atoms with van der Waals surface area (Å²) in [7, 11) is 3.40. The van der Waals surface area contributed by atoms with Crippen LogP contribution in [0.25, 0.3) is 22.2 Å². The molecule has 6 rings (SSSR count). The van der Waals surface area contributed by atoms with E-state index in [1.165, 1.54) is 10.7 Å². The van der Waals surface area contributed by atoms with E-state index >= 15 is 0 Å². The number of aromatic nitrogens is 6. The van der Waals surface area contributed by atoms with Crippen LogP contribution in [-0.4, -0.2) is 80.4 Å². The molecule has 0 radical (unpaired) electrons. The molecular formula is C32H42N8O3. The first-order valence-corrected chi connectivity index (χ1v) is 15.5. The third kappa shape index (κ3) is 6.57. The summed E-state index contributed by atoms with van der Waals surface area (Å²) in [6, 6.07) is 9.88.